The van der Waals surface area contributed by atoms with E-state index >= 15 is 0 Å². The van der Waals surface area contributed by atoms with Crippen molar-refractivity contribution >= 4 is 0 Å². The number of dihydropyridines is 1. The molecule has 72 valence electrons. The van der Waals surface area contributed by atoms with Gasteiger partial charge in [0, 0.05) is 11.4 Å². The van der Waals surface area contributed by atoms with Crippen LogP contribution in [0.25, 0.3) is 0 Å². The van der Waals surface area contributed by atoms with Crippen molar-refractivity contribution in [2.45, 2.75) is 6.92 Å². The Morgan fingerprint density at radius 3 is 2.67 bits per heavy atom. The van der Waals surface area contributed by atoms with E-state index in [1.807, 2.05) is 31.2 Å². The van der Waals surface area contributed by atoms with Crippen LogP contribution in [0.4, 0.5) is 0 Å². The van der Waals surface area contributed by atoms with Gasteiger partial charge >= 0.3 is 0 Å². The van der Waals surface area contributed by atoms with Crippen molar-refractivity contribution < 1.29 is 0 Å². The fraction of sp³-hybridized carbons (Fsp3) is 0.167. The lowest BCUT2D eigenvalue weighted by molar-refractivity contribution is 0.807. The summed E-state index contributed by atoms with van der Waals surface area (Å²) in [6, 6.07) is 4.01. The summed E-state index contributed by atoms with van der Waals surface area (Å²) in [5, 5.41) is 21.1. The second-order valence-corrected chi connectivity index (χ2v) is 3.58. The highest BCUT2D eigenvalue weighted by Crippen LogP contribution is 2.30. The Labute approximate surface area is 88.3 Å². The zero-order valence-electron chi connectivity index (χ0n) is 8.28. The molecule has 0 bridgehead atoms. The molecule has 0 saturated carbocycles. The number of nitriles is 2. The molecule has 3 nitrogen and oxygen atoms in total. The van der Waals surface area contributed by atoms with Gasteiger partial charge in [0.25, 0.3) is 0 Å². The van der Waals surface area contributed by atoms with Gasteiger partial charge < -0.3 is 5.32 Å². The number of fused-ring (bicyclic) bond motifs is 1. The molecule has 0 aromatic rings. The topological polar surface area (TPSA) is 59.6 Å². The van der Waals surface area contributed by atoms with E-state index in [2.05, 4.69) is 5.32 Å². The Kier molecular flexibility index (Phi) is 1.95. The third kappa shape index (κ3) is 1.45. The average molecular weight is 195 g/mol. The van der Waals surface area contributed by atoms with Gasteiger partial charge in [-0.2, -0.15) is 10.5 Å². The third-order valence-electron chi connectivity index (χ3n) is 2.42. The Morgan fingerprint density at radius 1 is 1.27 bits per heavy atom. The molecule has 0 amide bonds. The van der Waals surface area contributed by atoms with Crippen LogP contribution >= 0.6 is 0 Å². The van der Waals surface area contributed by atoms with E-state index in [0.717, 1.165) is 17.0 Å². The Hall–Kier alpha value is -2.26. The van der Waals surface area contributed by atoms with Crippen LogP contribution in [0, 0.1) is 28.1 Å². The maximum atomic E-state index is 8.97. The molecule has 1 aliphatic heterocycles. The molecule has 2 aliphatic rings. The molecule has 0 atom stereocenters. The van der Waals surface area contributed by atoms with E-state index in [-0.39, 0.29) is 0 Å². The molecule has 0 saturated heterocycles. The van der Waals surface area contributed by atoms with E-state index in [1.165, 1.54) is 0 Å². The third-order valence-corrected chi connectivity index (χ3v) is 2.42. The van der Waals surface area contributed by atoms with E-state index in [4.69, 9.17) is 10.5 Å². The summed E-state index contributed by atoms with van der Waals surface area (Å²) in [7, 11) is 0. The van der Waals surface area contributed by atoms with Gasteiger partial charge in [-0.25, -0.2) is 0 Å². The van der Waals surface area contributed by atoms with Gasteiger partial charge in [-0.3, -0.25) is 0 Å². The Bertz CT molecular complexity index is 490. The lowest BCUT2D eigenvalue weighted by Gasteiger charge is -2.23. The first-order chi connectivity index (χ1) is 7.19. The maximum Gasteiger partial charge on any atom is 0.182 e. The first kappa shape index (κ1) is 9.30. The molecule has 1 N–H and O–H groups in total. The highest BCUT2D eigenvalue weighted by molar-refractivity contribution is 5.54. The molecule has 2 rings (SSSR count). The van der Waals surface area contributed by atoms with E-state index in [0.29, 0.717) is 0 Å². The Morgan fingerprint density at radius 2 is 2.00 bits per heavy atom. The molecule has 0 aromatic carbocycles. The normalized spacial score (nSPS) is 20.9. The van der Waals surface area contributed by atoms with Crippen LogP contribution in [0.5, 0.6) is 0 Å². The predicted octanol–water partition coefficient (Wildman–Crippen LogP) is 1.91. The van der Waals surface area contributed by atoms with Crippen molar-refractivity contribution in [2.24, 2.45) is 5.41 Å². The smallest absolute Gasteiger partial charge is 0.182 e. The summed E-state index contributed by atoms with van der Waals surface area (Å²) in [6.07, 6.45) is 9.02. The highest BCUT2D eigenvalue weighted by atomic mass is 14.9. The zero-order valence-corrected chi connectivity index (χ0v) is 8.28. The molecule has 3 heteroatoms. The zero-order chi connectivity index (χ0) is 10.9. The fourth-order valence-corrected chi connectivity index (χ4v) is 1.56. The minimum atomic E-state index is -1.13. The van der Waals surface area contributed by atoms with E-state index in [9.17, 15) is 0 Å². The molecule has 15 heavy (non-hydrogen) atoms. The highest BCUT2D eigenvalue weighted by Gasteiger charge is 2.29. The van der Waals surface area contributed by atoms with Gasteiger partial charge in [0.15, 0.2) is 5.41 Å². The monoisotopic (exact) mass is 195 g/mol. The number of nitrogens with zero attached hydrogens (tertiary/aromatic N) is 2. The second-order valence-electron chi connectivity index (χ2n) is 3.58. The van der Waals surface area contributed by atoms with Crippen LogP contribution in [0.2, 0.25) is 0 Å². The molecule has 0 radical (unpaired) electrons. The minimum Gasteiger partial charge on any atom is -0.359 e. The van der Waals surface area contributed by atoms with E-state index < -0.39 is 5.41 Å². The van der Waals surface area contributed by atoms with Gasteiger partial charge in [-0.05, 0) is 30.7 Å². The molecule has 1 heterocycles. The van der Waals surface area contributed by atoms with Crippen LogP contribution in [-0.4, -0.2) is 0 Å². The quantitative estimate of drug-likeness (QED) is 0.642. The van der Waals surface area contributed by atoms with E-state index in [1.54, 1.807) is 18.2 Å². The summed E-state index contributed by atoms with van der Waals surface area (Å²) in [6.45, 7) is 1.94. The second kappa shape index (κ2) is 3.15. The summed E-state index contributed by atoms with van der Waals surface area (Å²) < 4.78 is 0. The van der Waals surface area contributed by atoms with Crippen LogP contribution in [-0.2, 0) is 0 Å². The summed E-state index contributed by atoms with van der Waals surface area (Å²) >= 11 is 0. The number of nitrogens with one attached hydrogen (secondary N) is 1. The van der Waals surface area contributed by atoms with Crippen LogP contribution in [0.1, 0.15) is 6.92 Å². The van der Waals surface area contributed by atoms with Crippen LogP contribution in [0.3, 0.4) is 0 Å². The molecule has 0 aromatic heterocycles. The summed E-state index contributed by atoms with van der Waals surface area (Å²) in [4.78, 5) is 0. The number of rotatable bonds is 0. The van der Waals surface area contributed by atoms with Crippen molar-refractivity contribution in [3.63, 3.8) is 0 Å². The van der Waals surface area contributed by atoms with Gasteiger partial charge in [0.1, 0.15) is 0 Å². The van der Waals surface area contributed by atoms with Crippen molar-refractivity contribution in [1.82, 2.24) is 5.32 Å². The molecule has 1 aliphatic carbocycles. The van der Waals surface area contributed by atoms with Crippen LogP contribution < -0.4 is 5.32 Å². The van der Waals surface area contributed by atoms with Gasteiger partial charge in [-0.15, -0.1) is 0 Å². The van der Waals surface area contributed by atoms with Gasteiger partial charge in [-0.1, -0.05) is 12.2 Å². The average Bonchev–Trinajstić information content (AvgIpc) is 2.28. The molecule has 0 spiro atoms. The number of hydrogen-bond donors (Lipinski definition) is 1. The first-order valence-corrected chi connectivity index (χ1v) is 4.60. The minimum absolute atomic E-state index is 0.834. The predicted molar refractivity (Wildman–Crippen MR) is 55.9 cm³/mol. The first-order valence-electron chi connectivity index (χ1n) is 4.60. The summed E-state index contributed by atoms with van der Waals surface area (Å²) in [5.74, 6) is 0. The lowest BCUT2D eigenvalue weighted by Crippen LogP contribution is -2.22. The molecular formula is C12H9N3. The Balaban J connectivity index is 2.48. The number of hydrogen-bond acceptors (Lipinski definition) is 3. The van der Waals surface area contributed by atoms with Crippen LogP contribution in [0.15, 0.2) is 47.3 Å². The van der Waals surface area contributed by atoms with Gasteiger partial charge in [0.05, 0.1) is 12.1 Å². The maximum absolute atomic E-state index is 8.97. The SMILES string of the molecule is CC1=CC=C2C=CC(C#N)(C#N)C=C2N1. The van der Waals surface area contributed by atoms with Crippen molar-refractivity contribution in [1.29, 1.82) is 10.5 Å². The molecular weight excluding hydrogens is 186 g/mol. The summed E-state index contributed by atoms with van der Waals surface area (Å²) in [5.41, 5.74) is 1.71. The standard InChI is InChI=1S/C12H9N3/c1-9-2-3-10-4-5-12(7-13,8-14)6-11(10)15-9/h2-6,15H,1H3. The van der Waals surface area contributed by atoms with Crippen molar-refractivity contribution in [3.05, 3.63) is 47.3 Å². The number of allylic oxidation sites excluding steroid dienone is 6. The van der Waals surface area contributed by atoms with Gasteiger partial charge in [0.2, 0.25) is 0 Å². The molecule has 0 fully saturated rings. The van der Waals surface area contributed by atoms with Crippen molar-refractivity contribution in [2.75, 3.05) is 0 Å². The fourth-order valence-electron chi connectivity index (χ4n) is 1.56. The lowest BCUT2D eigenvalue weighted by atomic mass is 9.84. The molecule has 0 unspecified atom stereocenters. The largest absolute Gasteiger partial charge is 0.359 e. The van der Waals surface area contributed by atoms with Crippen molar-refractivity contribution in [3.8, 4) is 12.1 Å².